The molecule has 6 nitrogen and oxygen atoms in total. The molecule has 1 atom stereocenters. The van der Waals surface area contributed by atoms with E-state index in [-0.39, 0.29) is 5.56 Å². The number of aliphatic hydroxyl groups is 1. The van der Waals surface area contributed by atoms with E-state index in [0.29, 0.717) is 19.4 Å². The van der Waals surface area contributed by atoms with Gasteiger partial charge in [-0.15, -0.1) is 0 Å². The summed E-state index contributed by atoms with van der Waals surface area (Å²) < 4.78 is 13.3. The van der Waals surface area contributed by atoms with Crippen molar-refractivity contribution in [2.75, 3.05) is 6.54 Å². The van der Waals surface area contributed by atoms with Gasteiger partial charge in [0, 0.05) is 18.2 Å². The number of aliphatic hydroxyl groups excluding tert-OH is 1. The number of hydrogen-bond acceptors (Lipinski definition) is 4. The monoisotopic (exact) mass is 270 g/mol. The molecular weight excluding hydrogens is 255 g/mol. The van der Waals surface area contributed by atoms with Crippen LogP contribution in [0, 0.1) is 15.9 Å². The molecule has 1 aromatic carbocycles. The van der Waals surface area contributed by atoms with Crippen molar-refractivity contribution in [3.63, 3.8) is 0 Å². The van der Waals surface area contributed by atoms with Crippen LogP contribution in [0.2, 0.25) is 0 Å². The van der Waals surface area contributed by atoms with Gasteiger partial charge in [0.25, 0.3) is 5.91 Å². The fraction of sp³-hybridized carbons (Fsp3) is 0.417. The Hall–Kier alpha value is -2.02. The molecule has 7 heteroatoms. The normalized spacial score (nSPS) is 11.9. The Labute approximate surface area is 109 Å². The van der Waals surface area contributed by atoms with Crippen LogP contribution >= 0.6 is 0 Å². The molecule has 0 fully saturated rings. The maximum Gasteiger partial charge on any atom is 0.304 e. The minimum absolute atomic E-state index is 0.0279. The van der Waals surface area contributed by atoms with E-state index in [9.17, 15) is 19.3 Å². The van der Waals surface area contributed by atoms with Gasteiger partial charge in [0.15, 0.2) is 0 Å². The van der Waals surface area contributed by atoms with E-state index in [1.807, 2.05) is 0 Å². The summed E-state index contributed by atoms with van der Waals surface area (Å²) in [5.74, 6) is -1.54. The molecule has 0 bridgehead atoms. The quantitative estimate of drug-likeness (QED) is 0.466. The van der Waals surface area contributed by atoms with Crippen LogP contribution in [0.1, 0.15) is 30.1 Å². The Balaban J connectivity index is 2.58. The molecule has 1 aromatic rings. The smallest absolute Gasteiger partial charge is 0.304 e. The number of benzene rings is 1. The summed E-state index contributed by atoms with van der Waals surface area (Å²) in [7, 11) is 0. The van der Waals surface area contributed by atoms with Crippen LogP contribution in [0.5, 0.6) is 0 Å². The lowest BCUT2D eigenvalue weighted by Crippen LogP contribution is -2.25. The highest BCUT2D eigenvalue weighted by Gasteiger charge is 2.16. The maximum absolute atomic E-state index is 13.3. The molecule has 104 valence electrons. The third kappa shape index (κ3) is 4.63. The van der Waals surface area contributed by atoms with Crippen molar-refractivity contribution >= 4 is 11.6 Å². The number of hydrogen-bond donors (Lipinski definition) is 2. The number of carbonyl (C=O) groups excluding carboxylic acids is 1. The van der Waals surface area contributed by atoms with E-state index in [1.54, 1.807) is 6.92 Å². The molecule has 1 amide bonds. The highest BCUT2D eigenvalue weighted by molar-refractivity contribution is 5.94. The lowest BCUT2D eigenvalue weighted by Gasteiger charge is -2.06. The fourth-order valence-electron chi connectivity index (χ4n) is 1.50. The van der Waals surface area contributed by atoms with Gasteiger partial charge in [0.05, 0.1) is 11.0 Å². The molecule has 0 aliphatic rings. The van der Waals surface area contributed by atoms with E-state index in [0.717, 1.165) is 12.1 Å². The van der Waals surface area contributed by atoms with Crippen molar-refractivity contribution in [2.45, 2.75) is 25.9 Å². The predicted octanol–water partition coefficient (Wildman–Crippen LogP) is 1.62. The van der Waals surface area contributed by atoms with Crippen LogP contribution in [0.4, 0.5) is 10.1 Å². The molecule has 19 heavy (non-hydrogen) atoms. The molecule has 0 spiro atoms. The highest BCUT2D eigenvalue weighted by atomic mass is 19.1. The molecule has 0 heterocycles. The Bertz CT molecular complexity index is 477. The van der Waals surface area contributed by atoms with Crippen molar-refractivity contribution < 1.29 is 19.2 Å². The molecule has 0 aliphatic carbocycles. The number of rotatable bonds is 6. The van der Waals surface area contributed by atoms with Gasteiger partial charge in [-0.1, -0.05) is 0 Å². The minimum Gasteiger partial charge on any atom is -0.393 e. The predicted molar refractivity (Wildman–Crippen MR) is 66.3 cm³/mol. The zero-order chi connectivity index (χ0) is 14.4. The molecule has 1 unspecified atom stereocenters. The van der Waals surface area contributed by atoms with Crippen LogP contribution in [0.25, 0.3) is 0 Å². The highest BCUT2D eigenvalue weighted by Crippen LogP contribution is 2.17. The summed E-state index contributed by atoms with van der Waals surface area (Å²) in [6, 6.07) is 2.99. The number of amides is 1. The first-order valence-corrected chi connectivity index (χ1v) is 5.82. The van der Waals surface area contributed by atoms with E-state index in [1.165, 1.54) is 6.07 Å². The molecular formula is C12H15FN2O4. The molecule has 0 saturated carbocycles. The Morgan fingerprint density at radius 2 is 2.26 bits per heavy atom. The first-order valence-electron chi connectivity index (χ1n) is 5.82. The van der Waals surface area contributed by atoms with Crippen LogP contribution in [0.15, 0.2) is 18.2 Å². The van der Waals surface area contributed by atoms with Gasteiger partial charge in [-0.2, -0.15) is 4.39 Å². The van der Waals surface area contributed by atoms with Gasteiger partial charge in [0.1, 0.15) is 0 Å². The van der Waals surface area contributed by atoms with Gasteiger partial charge in [-0.05, 0) is 31.9 Å². The van der Waals surface area contributed by atoms with Crippen LogP contribution in [0.3, 0.4) is 0 Å². The number of carbonyl (C=O) groups is 1. The lowest BCUT2D eigenvalue weighted by molar-refractivity contribution is -0.387. The molecule has 2 N–H and O–H groups in total. The lowest BCUT2D eigenvalue weighted by atomic mass is 10.1. The molecule has 0 aliphatic heterocycles. The van der Waals surface area contributed by atoms with Crippen molar-refractivity contribution in [3.05, 3.63) is 39.7 Å². The molecule has 0 aromatic heterocycles. The first-order chi connectivity index (χ1) is 8.91. The number of halogens is 1. The van der Waals surface area contributed by atoms with Crippen LogP contribution < -0.4 is 5.32 Å². The van der Waals surface area contributed by atoms with Gasteiger partial charge in [-0.25, -0.2) is 0 Å². The van der Waals surface area contributed by atoms with Crippen molar-refractivity contribution in [2.24, 2.45) is 0 Å². The Morgan fingerprint density at radius 3 is 2.79 bits per heavy atom. The third-order valence-corrected chi connectivity index (χ3v) is 2.49. The summed E-state index contributed by atoms with van der Waals surface area (Å²) >= 11 is 0. The number of nitro groups is 1. The van der Waals surface area contributed by atoms with E-state index in [4.69, 9.17) is 5.11 Å². The standard InChI is InChI=1S/C12H15FN2O4/c1-8(16)3-2-6-14-12(17)9-4-5-11(15(18)19)10(13)7-9/h4-5,7-8,16H,2-3,6H2,1H3,(H,14,17). The van der Waals surface area contributed by atoms with Crippen molar-refractivity contribution in [3.8, 4) is 0 Å². The average Bonchev–Trinajstić information content (AvgIpc) is 2.33. The maximum atomic E-state index is 13.3. The van der Waals surface area contributed by atoms with E-state index < -0.39 is 28.4 Å². The number of nitro benzene ring substituents is 1. The summed E-state index contributed by atoms with van der Waals surface area (Å²) in [6.45, 7) is 2.00. The third-order valence-electron chi connectivity index (χ3n) is 2.49. The van der Waals surface area contributed by atoms with Crippen LogP contribution in [-0.4, -0.2) is 28.6 Å². The Kier molecular flexibility index (Phi) is 5.37. The zero-order valence-corrected chi connectivity index (χ0v) is 10.4. The topological polar surface area (TPSA) is 92.5 Å². The van der Waals surface area contributed by atoms with Crippen molar-refractivity contribution in [1.29, 1.82) is 0 Å². The van der Waals surface area contributed by atoms with Crippen molar-refractivity contribution in [1.82, 2.24) is 5.32 Å². The van der Waals surface area contributed by atoms with Gasteiger partial charge in [0.2, 0.25) is 5.82 Å². The van der Waals surface area contributed by atoms with Gasteiger partial charge >= 0.3 is 5.69 Å². The Morgan fingerprint density at radius 1 is 1.58 bits per heavy atom. The van der Waals surface area contributed by atoms with E-state index in [2.05, 4.69) is 5.32 Å². The summed E-state index contributed by atoms with van der Waals surface area (Å²) in [4.78, 5) is 21.2. The minimum atomic E-state index is -1.04. The summed E-state index contributed by atoms with van der Waals surface area (Å²) in [6.07, 6.45) is 0.710. The van der Waals surface area contributed by atoms with Gasteiger partial charge < -0.3 is 10.4 Å². The average molecular weight is 270 g/mol. The number of nitrogens with one attached hydrogen (secondary N) is 1. The van der Waals surface area contributed by atoms with Gasteiger partial charge in [-0.3, -0.25) is 14.9 Å². The molecule has 0 saturated heterocycles. The molecule has 0 radical (unpaired) electrons. The second-order valence-corrected chi connectivity index (χ2v) is 4.17. The van der Waals surface area contributed by atoms with E-state index >= 15 is 0 Å². The zero-order valence-electron chi connectivity index (χ0n) is 10.4. The SMILES string of the molecule is CC(O)CCCNC(=O)c1ccc([N+](=O)[O-])c(F)c1. The summed E-state index contributed by atoms with van der Waals surface area (Å²) in [5, 5.41) is 22.0. The second-order valence-electron chi connectivity index (χ2n) is 4.17. The largest absolute Gasteiger partial charge is 0.393 e. The first kappa shape index (κ1) is 15.0. The second kappa shape index (κ2) is 6.79. The van der Waals surface area contributed by atoms with Crippen LogP contribution in [-0.2, 0) is 0 Å². The fourth-order valence-corrected chi connectivity index (χ4v) is 1.50. The molecule has 1 rings (SSSR count). The summed E-state index contributed by atoms with van der Waals surface area (Å²) in [5.41, 5.74) is -0.634. The number of nitrogens with zero attached hydrogens (tertiary/aromatic N) is 1.